The molecular formula is C23H28F3N5O3. The van der Waals surface area contributed by atoms with Gasteiger partial charge >= 0.3 is 12.2 Å². The Morgan fingerprint density at radius 3 is 2.71 bits per heavy atom. The Balaban J connectivity index is 1.16. The molecule has 8 nitrogen and oxygen atoms in total. The number of alkyl halides is 3. The molecule has 0 spiro atoms. The molecule has 1 saturated carbocycles. The number of anilines is 1. The number of aromatic nitrogens is 3. The maximum atomic E-state index is 12.9. The lowest BCUT2D eigenvalue weighted by Crippen LogP contribution is -2.45. The molecule has 2 N–H and O–H groups in total. The van der Waals surface area contributed by atoms with Crippen LogP contribution >= 0.6 is 0 Å². The topological polar surface area (TPSA) is 90.3 Å². The molecule has 1 aromatic heterocycles. The van der Waals surface area contributed by atoms with Crippen LogP contribution in [0.2, 0.25) is 0 Å². The van der Waals surface area contributed by atoms with Crippen LogP contribution in [0.25, 0.3) is 0 Å². The van der Waals surface area contributed by atoms with Crippen molar-refractivity contribution >= 4 is 11.7 Å². The number of nitrogens with one attached hydrogen (secondary N) is 2. The highest BCUT2D eigenvalue weighted by atomic mass is 19.4. The van der Waals surface area contributed by atoms with Gasteiger partial charge in [0.1, 0.15) is 18.2 Å². The van der Waals surface area contributed by atoms with Gasteiger partial charge in [-0.05, 0) is 30.5 Å². The molecule has 5 rings (SSSR count). The number of amides is 2. The van der Waals surface area contributed by atoms with Crippen LogP contribution in [0.15, 0.2) is 30.5 Å². The van der Waals surface area contributed by atoms with E-state index in [1.54, 1.807) is 4.68 Å². The highest BCUT2D eigenvalue weighted by Crippen LogP contribution is 2.35. The summed E-state index contributed by atoms with van der Waals surface area (Å²) in [5.41, 5.74) is 0.205. The van der Waals surface area contributed by atoms with E-state index in [2.05, 4.69) is 20.9 Å². The average molecular weight is 480 g/mol. The SMILES string of the molecule is O=C(Nc1cccc(C(F)(F)F)c1)N[C@@H]1CO[C@@H]2[C@@H]1OC[C@@H]2n1cc(CC2CCCCC2)nn1. The van der Waals surface area contributed by atoms with E-state index in [0.29, 0.717) is 12.5 Å². The van der Waals surface area contributed by atoms with Gasteiger partial charge in [0.25, 0.3) is 0 Å². The van der Waals surface area contributed by atoms with E-state index < -0.39 is 23.8 Å². The van der Waals surface area contributed by atoms with Crippen molar-refractivity contribution in [2.75, 3.05) is 18.5 Å². The Labute approximate surface area is 195 Å². The van der Waals surface area contributed by atoms with E-state index in [4.69, 9.17) is 9.47 Å². The van der Waals surface area contributed by atoms with Gasteiger partial charge in [0, 0.05) is 11.9 Å². The van der Waals surface area contributed by atoms with E-state index in [1.165, 1.54) is 44.2 Å². The standard InChI is InChI=1S/C23H28F3N5O3/c24-23(25,26)15-7-4-8-16(10-15)27-22(32)28-18-12-33-21-19(13-34-20(18)21)31-11-17(29-30-31)9-14-5-2-1-3-6-14/h4,7-8,10-11,14,18-21H,1-3,5-6,9,12-13H2,(H2,27,28,32)/t18-,19+,20-,21+/m1/s1. The molecule has 3 heterocycles. The molecule has 2 aliphatic heterocycles. The summed E-state index contributed by atoms with van der Waals surface area (Å²) in [6, 6.07) is 3.32. The lowest BCUT2D eigenvalue weighted by Gasteiger charge is -2.20. The normalized spacial score (nSPS) is 27.5. The van der Waals surface area contributed by atoms with Gasteiger partial charge < -0.3 is 20.1 Å². The van der Waals surface area contributed by atoms with Crippen LogP contribution in [0.1, 0.15) is 49.4 Å². The van der Waals surface area contributed by atoms with Crippen molar-refractivity contribution in [1.82, 2.24) is 20.3 Å². The van der Waals surface area contributed by atoms with Crippen molar-refractivity contribution in [3.63, 3.8) is 0 Å². The minimum absolute atomic E-state index is 0.0566. The molecule has 11 heteroatoms. The number of rotatable bonds is 5. The molecule has 34 heavy (non-hydrogen) atoms. The van der Waals surface area contributed by atoms with Crippen molar-refractivity contribution in [2.24, 2.45) is 5.92 Å². The number of hydrogen-bond acceptors (Lipinski definition) is 5. The van der Waals surface area contributed by atoms with Crippen LogP contribution in [0.5, 0.6) is 0 Å². The number of fused-ring (bicyclic) bond motifs is 1. The molecule has 1 aromatic carbocycles. The first-order valence-electron chi connectivity index (χ1n) is 11.8. The number of halogens is 3. The molecule has 0 radical (unpaired) electrons. The molecule has 3 aliphatic rings. The van der Waals surface area contributed by atoms with Crippen LogP contribution in [0, 0.1) is 5.92 Å². The first kappa shape index (κ1) is 23.1. The fourth-order valence-electron chi connectivity index (χ4n) is 5.19. The number of hydrogen-bond donors (Lipinski definition) is 2. The summed E-state index contributed by atoms with van der Waals surface area (Å²) in [5, 5.41) is 13.9. The molecule has 2 aromatic rings. The van der Waals surface area contributed by atoms with Crippen molar-refractivity contribution in [2.45, 2.75) is 69.0 Å². The number of carbonyl (C=O) groups is 1. The number of carbonyl (C=O) groups excluding carboxylic acids is 1. The predicted octanol–water partition coefficient (Wildman–Crippen LogP) is 3.95. The summed E-state index contributed by atoms with van der Waals surface area (Å²) < 4.78 is 52.4. The molecule has 0 bridgehead atoms. The Morgan fingerprint density at radius 1 is 1.12 bits per heavy atom. The van der Waals surface area contributed by atoms with Gasteiger partial charge in [0.05, 0.1) is 30.5 Å². The van der Waals surface area contributed by atoms with E-state index in [9.17, 15) is 18.0 Å². The number of ether oxygens (including phenoxy) is 2. The van der Waals surface area contributed by atoms with Crippen molar-refractivity contribution in [1.29, 1.82) is 0 Å². The molecule has 184 valence electrons. The summed E-state index contributed by atoms with van der Waals surface area (Å²) in [6.45, 7) is 0.625. The largest absolute Gasteiger partial charge is 0.416 e. The first-order valence-corrected chi connectivity index (χ1v) is 11.8. The molecule has 2 saturated heterocycles. The lowest BCUT2D eigenvalue weighted by atomic mass is 9.86. The number of nitrogens with zero attached hydrogens (tertiary/aromatic N) is 3. The van der Waals surface area contributed by atoms with E-state index >= 15 is 0 Å². The molecular weight excluding hydrogens is 451 g/mol. The van der Waals surface area contributed by atoms with E-state index in [1.807, 2.05) is 6.20 Å². The van der Waals surface area contributed by atoms with Crippen LogP contribution in [0.4, 0.5) is 23.7 Å². The van der Waals surface area contributed by atoms with Gasteiger partial charge in [-0.3, -0.25) is 0 Å². The summed E-state index contributed by atoms with van der Waals surface area (Å²) in [5.74, 6) is 0.665. The van der Waals surface area contributed by atoms with E-state index in [0.717, 1.165) is 24.2 Å². The highest BCUT2D eigenvalue weighted by Gasteiger charge is 2.49. The monoisotopic (exact) mass is 479 g/mol. The van der Waals surface area contributed by atoms with Gasteiger partial charge in [-0.25, -0.2) is 9.48 Å². The summed E-state index contributed by atoms with van der Waals surface area (Å²) in [7, 11) is 0. The molecule has 3 fully saturated rings. The van der Waals surface area contributed by atoms with Gasteiger partial charge in [-0.1, -0.05) is 43.4 Å². The fourth-order valence-corrected chi connectivity index (χ4v) is 5.19. The predicted molar refractivity (Wildman–Crippen MR) is 116 cm³/mol. The van der Waals surface area contributed by atoms with Crippen molar-refractivity contribution in [3.05, 3.63) is 41.7 Å². The van der Waals surface area contributed by atoms with Crippen LogP contribution in [0.3, 0.4) is 0 Å². The van der Waals surface area contributed by atoms with Gasteiger partial charge in [-0.15, -0.1) is 5.10 Å². The second-order valence-corrected chi connectivity index (χ2v) is 9.34. The third kappa shape index (κ3) is 5.05. The Bertz CT molecular complexity index is 1010. The highest BCUT2D eigenvalue weighted by molar-refractivity contribution is 5.89. The maximum Gasteiger partial charge on any atom is 0.416 e. The Morgan fingerprint density at radius 2 is 1.91 bits per heavy atom. The quantitative estimate of drug-likeness (QED) is 0.678. The van der Waals surface area contributed by atoms with Gasteiger partial charge in [0.15, 0.2) is 0 Å². The van der Waals surface area contributed by atoms with Crippen LogP contribution < -0.4 is 10.6 Å². The average Bonchev–Trinajstić information content (AvgIpc) is 3.52. The van der Waals surface area contributed by atoms with Gasteiger partial charge in [-0.2, -0.15) is 13.2 Å². The number of urea groups is 1. The zero-order chi connectivity index (χ0) is 23.7. The van der Waals surface area contributed by atoms with Crippen LogP contribution in [-0.4, -0.2) is 52.5 Å². The summed E-state index contributed by atoms with van der Waals surface area (Å²) >= 11 is 0. The van der Waals surface area contributed by atoms with Crippen LogP contribution in [-0.2, 0) is 22.1 Å². The minimum atomic E-state index is -4.48. The zero-order valence-electron chi connectivity index (χ0n) is 18.6. The van der Waals surface area contributed by atoms with Crippen molar-refractivity contribution in [3.8, 4) is 0 Å². The summed E-state index contributed by atoms with van der Waals surface area (Å²) in [6.07, 6.45) is 4.11. The summed E-state index contributed by atoms with van der Waals surface area (Å²) in [4.78, 5) is 12.4. The molecule has 0 unspecified atom stereocenters. The second-order valence-electron chi connectivity index (χ2n) is 9.34. The van der Waals surface area contributed by atoms with E-state index in [-0.39, 0.29) is 30.5 Å². The van der Waals surface area contributed by atoms with Crippen molar-refractivity contribution < 1.29 is 27.4 Å². The second kappa shape index (κ2) is 9.53. The number of benzene rings is 1. The fraction of sp³-hybridized carbons (Fsp3) is 0.609. The molecule has 1 aliphatic carbocycles. The molecule has 4 atom stereocenters. The Kier molecular flexibility index (Phi) is 6.48. The lowest BCUT2D eigenvalue weighted by molar-refractivity contribution is -0.137. The zero-order valence-corrected chi connectivity index (χ0v) is 18.6. The minimum Gasteiger partial charge on any atom is -0.371 e. The third-order valence-electron chi connectivity index (χ3n) is 6.91. The third-order valence-corrected chi connectivity index (χ3v) is 6.91. The molecule has 2 amide bonds. The van der Waals surface area contributed by atoms with Gasteiger partial charge in [0.2, 0.25) is 0 Å². The maximum absolute atomic E-state index is 12.9. The Hall–Kier alpha value is -2.66. The first-order chi connectivity index (χ1) is 16.4. The smallest absolute Gasteiger partial charge is 0.371 e.